The van der Waals surface area contributed by atoms with Crippen molar-refractivity contribution in [1.29, 1.82) is 0 Å². The summed E-state index contributed by atoms with van der Waals surface area (Å²) >= 11 is 0. The minimum absolute atomic E-state index is 0.110. The van der Waals surface area contributed by atoms with Gasteiger partial charge in [0.25, 0.3) is 0 Å². The molecule has 0 saturated heterocycles. The molecule has 76 valence electrons. The molecular weight excluding hydrogens is 182 g/mol. The van der Waals surface area contributed by atoms with Crippen molar-refractivity contribution < 1.29 is 14.3 Å². The fraction of sp³-hybridized carbons (Fsp3) is 0.400. The van der Waals surface area contributed by atoms with Gasteiger partial charge in [0.1, 0.15) is 18.2 Å². The second kappa shape index (κ2) is 4.72. The summed E-state index contributed by atoms with van der Waals surface area (Å²) in [5.41, 5.74) is 1.36. The number of nitrogens with zero attached hydrogens (tertiary/aromatic N) is 1. The lowest BCUT2D eigenvalue weighted by molar-refractivity contribution is -0.109. The first kappa shape index (κ1) is 10.7. The van der Waals surface area contributed by atoms with Gasteiger partial charge in [-0.2, -0.15) is 0 Å². The molecule has 0 unspecified atom stereocenters. The third kappa shape index (κ3) is 2.81. The minimum atomic E-state index is -0.732. The molecule has 0 aliphatic heterocycles. The van der Waals surface area contributed by atoms with E-state index >= 15 is 0 Å². The molecular formula is C10H13NO3. The van der Waals surface area contributed by atoms with Gasteiger partial charge >= 0.3 is 0 Å². The van der Waals surface area contributed by atoms with Crippen LogP contribution in [0.15, 0.2) is 16.3 Å². The van der Waals surface area contributed by atoms with Gasteiger partial charge in [0.2, 0.25) is 0 Å². The predicted molar refractivity (Wildman–Crippen MR) is 51.6 cm³/mol. The Morgan fingerprint density at radius 3 is 3.00 bits per heavy atom. The second-order valence-electron chi connectivity index (χ2n) is 3.10. The number of oxazole rings is 1. The summed E-state index contributed by atoms with van der Waals surface area (Å²) in [4.78, 5) is 14.2. The number of carbonyl (C=O) groups is 1. The summed E-state index contributed by atoms with van der Waals surface area (Å²) in [5.74, 6) is 0.578. The third-order valence-corrected chi connectivity index (χ3v) is 1.86. The van der Waals surface area contributed by atoms with E-state index in [2.05, 4.69) is 4.98 Å². The van der Waals surface area contributed by atoms with E-state index in [0.29, 0.717) is 23.4 Å². The maximum absolute atomic E-state index is 10.2. The molecule has 1 rings (SSSR count). The molecule has 0 saturated carbocycles. The van der Waals surface area contributed by atoms with Crippen molar-refractivity contribution in [2.24, 2.45) is 0 Å². The molecule has 0 aromatic carbocycles. The van der Waals surface area contributed by atoms with Crippen molar-refractivity contribution in [1.82, 2.24) is 4.98 Å². The van der Waals surface area contributed by atoms with Crippen molar-refractivity contribution >= 4 is 12.4 Å². The number of hydrogen-bond acceptors (Lipinski definition) is 4. The second-order valence-corrected chi connectivity index (χ2v) is 3.10. The minimum Gasteiger partial charge on any atom is -0.449 e. The highest BCUT2D eigenvalue weighted by molar-refractivity contribution is 5.54. The largest absolute Gasteiger partial charge is 0.449 e. The topological polar surface area (TPSA) is 63.3 Å². The van der Waals surface area contributed by atoms with E-state index in [4.69, 9.17) is 4.42 Å². The Balaban J connectivity index is 2.72. The normalized spacial score (nSPS) is 14.1. The Morgan fingerprint density at radius 2 is 2.50 bits per heavy atom. The molecule has 0 aliphatic rings. The lowest BCUT2D eigenvalue weighted by Crippen LogP contribution is -2.08. The number of aromatic nitrogens is 1. The number of aldehydes is 1. The molecule has 0 fully saturated rings. The van der Waals surface area contributed by atoms with Gasteiger partial charge in [-0.15, -0.1) is 0 Å². The standard InChI is InChI=1S/C10H13NO3/c1-7(10(13)3-4-12)5-9-6-14-8(2)11-9/h4-6,10,13H,3H2,1-2H3/b7-5+/t10-/m0/s1. The van der Waals surface area contributed by atoms with Crippen LogP contribution in [-0.2, 0) is 4.79 Å². The molecule has 1 aromatic heterocycles. The molecule has 0 radical (unpaired) electrons. The molecule has 4 heteroatoms. The molecule has 1 atom stereocenters. The summed E-state index contributed by atoms with van der Waals surface area (Å²) < 4.78 is 5.00. The average molecular weight is 195 g/mol. The molecule has 1 heterocycles. The van der Waals surface area contributed by atoms with Gasteiger partial charge in [0, 0.05) is 13.3 Å². The highest BCUT2D eigenvalue weighted by atomic mass is 16.3. The first-order chi connectivity index (χ1) is 6.63. The van der Waals surface area contributed by atoms with Crippen LogP contribution in [0.1, 0.15) is 24.9 Å². The molecule has 0 bridgehead atoms. The van der Waals surface area contributed by atoms with E-state index in [9.17, 15) is 9.90 Å². The maximum atomic E-state index is 10.2. The van der Waals surface area contributed by atoms with E-state index in [-0.39, 0.29) is 6.42 Å². The van der Waals surface area contributed by atoms with Crippen LogP contribution in [0.2, 0.25) is 0 Å². The van der Waals surface area contributed by atoms with E-state index in [1.165, 1.54) is 6.26 Å². The van der Waals surface area contributed by atoms with Gasteiger partial charge in [-0.1, -0.05) is 0 Å². The Bertz CT molecular complexity index is 341. The molecule has 0 aliphatic carbocycles. The molecule has 1 aromatic rings. The molecule has 1 N–H and O–H groups in total. The first-order valence-electron chi connectivity index (χ1n) is 4.35. The monoisotopic (exact) mass is 195 g/mol. The number of hydrogen-bond donors (Lipinski definition) is 1. The van der Waals surface area contributed by atoms with Crippen molar-refractivity contribution in [3.8, 4) is 0 Å². The summed E-state index contributed by atoms with van der Waals surface area (Å²) in [6.45, 7) is 3.49. The number of carbonyl (C=O) groups excluding carboxylic acids is 1. The van der Waals surface area contributed by atoms with Crippen molar-refractivity contribution in [2.75, 3.05) is 0 Å². The highest BCUT2D eigenvalue weighted by Gasteiger charge is 2.06. The lowest BCUT2D eigenvalue weighted by Gasteiger charge is -2.05. The van der Waals surface area contributed by atoms with E-state index < -0.39 is 6.10 Å². The average Bonchev–Trinajstić information content (AvgIpc) is 2.51. The van der Waals surface area contributed by atoms with Gasteiger partial charge in [-0.25, -0.2) is 4.98 Å². The summed E-state index contributed by atoms with van der Waals surface area (Å²) in [5, 5.41) is 9.43. The summed E-state index contributed by atoms with van der Waals surface area (Å²) in [6.07, 6.45) is 3.27. The molecule has 14 heavy (non-hydrogen) atoms. The molecule has 4 nitrogen and oxygen atoms in total. The van der Waals surface area contributed by atoms with Crippen LogP contribution in [-0.4, -0.2) is 22.5 Å². The van der Waals surface area contributed by atoms with Crippen LogP contribution in [0.4, 0.5) is 0 Å². The molecule has 0 spiro atoms. The Kier molecular flexibility index (Phi) is 3.59. The van der Waals surface area contributed by atoms with Crippen LogP contribution in [0.3, 0.4) is 0 Å². The Hall–Kier alpha value is -1.42. The van der Waals surface area contributed by atoms with Crippen molar-refractivity contribution in [2.45, 2.75) is 26.4 Å². The van der Waals surface area contributed by atoms with Gasteiger partial charge in [-0.05, 0) is 18.6 Å². The maximum Gasteiger partial charge on any atom is 0.191 e. The van der Waals surface area contributed by atoms with E-state index in [1.54, 1.807) is 19.9 Å². The zero-order valence-corrected chi connectivity index (χ0v) is 8.23. The van der Waals surface area contributed by atoms with Gasteiger partial charge in [0.15, 0.2) is 5.89 Å². The smallest absolute Gasteiger partial charge is 0.191 e. The third-order valence-electron chi connectivity index (χ3n) is 1.86. The number of aryl methyl sites for hydroxylation is 1. The fourth-order valence-electron chi connectivity index (χ4n) is 1.05. The zero-order chi connectivity index (χ0) is 10.6. The Labute approximate surface area is 82.3 Å². The van der Waals surface area contributed by atoms with Gasteiger partial charge < -0.3 is 14.3 Å². The Morgan fingerprint density at radius 1 is 1.79 bits per heavy atom. The molecule has 0 amide bonds. The van der Waals surface area contributed by atoms with Crippen LogP contribution < -0.4 is 0 Å². The van der Waals surface area contributed by atoms with Crippen LogP contribution in [0.5, 0.6) is 0 Å². The van der Waals surface area contributed by atoms with E-state index in [0.717, 1.165) is 0 Å². The quantitative estimate of drug-likeness (QED) is 0.736. The van der Waals surface area contributed by atoms with Crippen molar-refractivity contribution in [3.63, 3.8) is 0 Å². The highest BCUT2D eigenvalue weighted by Crippen LogP contribution is 2.10. The SMILES string of the molecule is C/C(=C\c1coc(C)n1)[C@@H](O)CC=O. The fourth-order valence-corrected chi connectivity index (χ4v) is 1.05. The first-order valence-corrected chi connectivity index (χ1v) is 4.35. The zero-order valence-electron chi connectivity index (χ0n) is 8.23. The van der Waals surface area contributed by atoms with E-state index in [1.807, 2.05) is 0 Å². The summed E-state index contributed by atoms with van der Waals surface area (Å²) in [6, 6.07) is 0. The van der Waals surface area contributed by atoms with Crippen LogP contribution >= 0.6 is 0 Å². The van der Waals surface area contributed by atoms with Crippen LogP contribution in [0, 0.1) is 6.92 Å². The number of rotatable bonds is 4. The number of aliphatic hydroxyl groups is 1. The van der Waals surface area contributed by atoms with Gasteiger partial charge in [0.05, 0.1) is 6.10 Å². The van der Waals surface area contributed by atoms with Crippen molar-refractivity contribution in [3.05, 3.63) is 23.4 Å². The summed E-state index contributed by atoms with van der Waals surface area (Å²) in [7, 11) is 0. The lowest BCUT2D eigenvalue weighted by atomic mass is 10.1. The predicted octanol–water partition coefficient (Wildman–Crippen LogP) is 1.34. The van der Waals surface area contributed by atoms with Crippen LogP contribution in [0.25, 0.3) is 6.08 Å². The van der Waals surface area contributed by atoms with Gasteiger partial charge in [-0.3, -0.25) is 0 Å². The number of aliphatic hydroxyl groups excluding tert-OH is 1.